The summed E-state index contributed by atoms with van der Waals surface area (Å²) in [6, 6.07) is 8.24. The van der Waals surface area contributed by atoms with Gasteiger partial charge in [-0.25, -0.2) is 15.0 Å². The van der Waals surface area contributed by atoms with Crippen LogP contribution in [0.3, 0.4) is 0 Å². The maximum Gasteiger partial charge on any atom is 0.146 e. The van der Waals surface area contributed by atoms with Crippen molar-refractivity contribution in [1.82, 2.24) is 19.5 Å². The van der Waals surface area contributed by atoms with Crippen LogP contribution in [0, 0.1) is 20.8 Å². The number of rotatable bonds is 6. The zero-order chi connectivity index (χ0) is 19.7. The quantitative estimate of drug-likeness (QED) is 0.322. The standard InChI is InChI=1S/C21H22N4OS2/c1-13-14(2)28-21-19(13)20(23-15(3)24-21)27-12-16-5-7-17(8-6-16)26-11-18-22-9-10-25(18)4/h5-10H,11-12H2,1-4H3. The van der Waals surface area contributed by atoms with Gasteiger partial charge >= 0.3 is 0 Å². The molecule has 0 atom stereocenters. The van der Waals surface area contributed by atoms with Gasteiger partial charge in [0.05, 0.1) is 0 Å². The highest BCUT2D eigenvalue weighted by molar-refractivity contribution is 7.98. The third kappa shape index (κ3) is 3.91. The number of aromatic nitrogens is 4. The Bertz CT molecular complexity index is 1120. The molecule has 0 spiro atoms. The van der Waals surface area contributed by atoms with Crippen molar-refractivity contribution in [2.75, 3.05) is 0 Å². The number of hydrogen-bond acceptors (Lipinski definition) is 6. The van der Waals surface area contributed by atoms with E-state index in [4.69, 9.17) is 9.72 Å². The minimum atomic E-state index is 0.465. The Morgan fingerprint density at radius 2 is 1.89 bits per heavy atom. The molecule has 7 heteroatoms. The van der Waals surface area contributed by atoms with Crippen LogP contribution in [-0.4, -0.2) is 19.5 Å². The molecule has 0 fully saturated rings. The van der Waals surface area contributed by atoms with Gasteiger partial charge in [-0.2, -0.15) is 0 Å². The number of thioether (sulfide) groups is 1. The third-order valence-corrected chi connectivity index (χ3v) is 6.84. The van der Waals surface area contributed by atoms with Gasteiger partial charge in [-0.15, -0.1) is 23.1 Å². The van der Waals surface area contributed by atoms with Crippen LogP contribution in [0.4, 0.5) is 0 Å². The summed E-state index contributed by atoms with van der Waals surface area (Å²) in [5.74, 6) is 3.44. The number of nitrogens with zero attached hydrogens (tertiary/aromatic N) is 4. The molecule has 0 aliphatic rings. The minimum Gasteiger partial charge on any atom is -0.486 e. The van der Waals surface area contributed by atoms with Gasteiger partial charge in [0.2, 0.25) is 0 Å². The van der Waals surface area contributed by atoms with Gasteiger partial charge in [-0.05, 0) is 44.0 Å². The van der Waals surface area contributed by atoms with Crippen molar-refractivity contribution in [2.24, 2.45) is 7.05 Å². The Kier molecular flexibility index (Phi) is 5.37. The second-order valence-corrected chi connectivity index (χ2v) is 8.88. The highest BCUT2D eigenvalue weighted by Crippen LogP contribution is 2.36. The van der Waals surface area contributed by atoms with Gasteiger partial charge in [-0.3, -0.25) is 0 Å². The van der Waals surface area contributed by atoms with Crippen molar-refractivity contribution in [2.45, 2.75) is 38.2 Å². The van der Waals surface area contributed by atoms with E-state index in [2.05, 4.69) is 35.9 Å². The summed E-state index contributed by atoms with van der Waals surface area (Å²) >= 11 is 3.51. The summed E-state index contributed by atoms with van der Waals surface area (Å²) in [5.41, 5.74) is 2.53. The monoisotopic (exact) mass is 410 g/mol. The molecule has 28 heavy (non-hydrogen) atoms. The molecule has 1 aromatic carbocycles. The molecule has 4 aromatic rings. The predicted octanol–water partition coefficient (Wildman–Crippen LogP) is 5.22. The third-order valence-electron chi connectivity index (χ3n) is 4.70. The van der Waals surface area contributed by atoms with Crippen molar-refractivity contribution in [3.63, 3.8) is 0 Å². The minimum absolute atomic E-state index is 0.465. The molecule has 0 saturated heterocycles. The molecular weight excluding hydrogens is 388 g/mol. The molecule has 0 aliphatic carbocycles. The first-order valence-electron chi connectivity index (χ1n) is 9.06. The first kappa shape index (κ1) is 19.0. The lowest BCUT2D eigenvalue weighted by Crippen LogP contribution is -2.02. The van der Waals surface area contributed by atoms with E-state index in [1.165, 1.54) is 21.4 Å². The van der Waals surface area contributed by atoms with E-state index in [0.717, 1.165) is 33.0 Å². The molecule has 3 aromatic heterocycles. The van der Waals surface area contributed by atoms with Gasteiger partial charge in [-0.1, -0.05) is 12.1 Å². The molecule has 5 nitrogen and oxygen atoms in total. The van der Waals surface area contributed by atoms with Gasteiger partial charge in [0.1, 0.15) is 33.9 Å². The van der Waals surface area contributed by atoms with Crippen molar-refractivity contribution in [3.8, 4) is 5.75 Å². The van der Waals surface area contributed by atoms with E-state index >= 15 is 0 Å². The van der Waals surface area contributed by atoms with E-state index in [1.807, 2.05) is 36.9 Å². The SMILES string of the molecule is Cc1nc(SCc2ccc(OCc3nccn3C)cc2)c2c(C)c(C)sc2n1. The summed E-state index contributed by atoms with van der Waals surface area (Å²) in [6.07, 6.45) is 3.70. The molecule has 0 saturated carbocycles. The van der Waals surface area contributed by atoms with Crippen molar-refractivity contribution in [3.05, 3.63) is 64.3 Å². The Labute approximate surface area is 172 Å². The van der Waals surface area contributed by atoms with Gasteiger partial charge in [0, 0.05) is 35.5 Å². The van der Waals surface area contributed by atoms with Crippen LogP contribution in [0.15, 0.2) is 41.7 Å². The lowest BCUT2D eigenvalue weighted by molar-refractivity contribution is 0.292. The molecule has 0 amide bonds. The van der Waals surface area contributed by atoms with Crippen molar-refractivity contribution < 1.29 is 4.74 Å². The second kappa shape index (κ2) is 7.93. The lowest BCUT2D eigenvalue weighted by Gasteiger charge is -2.08. The highest BCUT2D eigenvalue weighted by Gasteiger charge is 2.14. The summed E-state index contributed by atoms with van der Waals surface area (Å²) in [6.45, 7) is 6.73. The fourth-order valence-corrected chi connectivity index (χ4v) is 5.16. The normalized spacial score (nSPS) is 11.3. The summed E-state index contributed by atoms with van der Waals surface area (Å²) < 4.78 is 7.79. The highest BCUT2D eigenvalue weighted by atomic mass is 32.2. The van der Waals surface area contributed by atoms with E-state index in [-0.39, 0.29) is 0 Å². The molecule has 144 valence electrons. The average molecular weight is 411 g/mol. The Hall–Kier alpha value is -2.38. The second-order valence-electron chi connectivity index (χ2n) is 6.72. The smallest absolute Gasteiger partial charge is 0.146 e. The van der Waals surface area contributed by atoms with Crippen LogP contribution in [0.2, 0.25) is 0 Å². The van der Waals surface area contributed by atoms with E-state index in [1.54, 1.807) is 29.3 Å². The molecule has 0 aliphatic heterocycles. The fraction of sp³-hybridized carbons (Fsp3) is 0.286. The first-order chi connectivity index (χ1) is 13.5. The zero-order valence-electron chi connectivity index (χ0n) is 16.4. The van der Waals surface area contributed by atoms with Crippen LogP contribution in [0.25, 0.3) is 10.2 Å². The summed E-state index contributed by atoms with van der Waals surface area (Å²) in [7, 11) is 1.97. The lowest BCUT2D eigenvalue weighted by atomic mass is 10.2. The van der Waals surface area contributed by atoms with E-state index in [0.29, 0.717) is 6.61 Å². The average Bonchev–Trinajstić information content (AvgIpc) is 3.21. The predicted molar refractivity (Wildman–Crippen MR) is 115 cm³/mol. The number of hydrogen-bond donors (Lipinski definition) is 0. The van der Waals surface area contributed by atoms with Crippen LogP contribution in [-0.2, 0) is 19.4 Å². The molecule has 0 unspecified atom stereocenters. The molecule has 0 bridgehead atoms. The van der Waals surface area contributed by atoms with E-state index in [9.17, 15) is 0 Å². The molecule has 0 radical (unpaired) electrons. The topological polar surface area (TPSA) is 52.8 Å². The summed E-state index contributed by atoms with van der Waals surface area (Å²) in [4.78, 5) is 16.0. The Balaban J connectivity index is 1.44. The molecule has 4 rings (SSSR count). The van der Waals surface area contributed by atoms with E-state index < -0.39 is 0 Å². The van der Waals surface area contributed by atoms with Gasteiger partial charge in [0.15, 0.2) is 0 Å². The van der Waals surface area contributed by atoms with Gasteiger partial charge in [0.25, 0.3) is 0 Å². The number of fused-ring (bicyclic) bond motifs is 1. The first-order valence-corrected chi connectivity index (χ1v) is 10.9. The van der Waals surface area contributed by atoms with Crippen molar-refractivity contribution in [1.29, 1.82) is 0 Å². The molecule has 3 heterocycles. The van der Waals surface area contributed by atoms with Crippen LogP contribution >= 0.6 is 23.1 Å². The molecular formula is C21H22N4OS2. The maximum atomic E-state index is 5.83. The van der Waals surface area contributed by atoms with Crippen LogP contribution in [0.1, 0.15) is 27.7 Å². The van der Waals surface area contributed by atoms with Crippen LogP contribution in [0.5, 0.6) is 5.75 Å². The number of aryl methyl sites for hydroxylation is 4. The Morgan fingerprint density at radius 3 is 2.61 bits per heavy atom. The maximum absolute atomic E-state index is 5.83. The van der Waals surface area contributed by atoms with Crippen molar-refractivity contribution >= 4 is 33.3 Å². The Morgan fingerprint density at radius 1 is 1.11 bits per heavy atom. The fourth-order valence-electron chi connectivity index (χ4n) is 2.94. The summed E-state index contributed by atoms with van der Waals surface area (Å²) in [5, 5.41) is 2.27. The molecule has 0 N–H and O–H groups in total. The largest absolute Gasteiger partial charge is 0.486 e. The number of thiophene rings is 1. The number of imidazole rings is 1. The zero-order valence-corrected chi connectivity index (χ0v) is 18.0. The van der Waals surface area contributed by atoms with Gasteiger partial charge < -0.3 is 9.30 Å². The number of benzene rings is 1. The van der Waals surface area contributed by atoms with Crippen LogP contribution < -0.4 is 4.74 Å². The number of ether oxygens (including phenoxy) is 1.